The predicted octanol–water partition coefficient (Wildman–Crippen LogP) is 3.18. The van der Waals surface area contributed by atoms with Crippen LogP contribution >= 0.6 is 23.2 Å². The summed E-state index contributed by atoms with van der Waals surface area (Å²) in [5.74, 6) is 0. The summed E-state index contributed by atoms with van der Waals surface area (Å²) < 4.78 is 0. The summed E-state index contributed by atoms with van der Waals surface area (Å²) in [7, 11) is 0. The van der Waals surface area contributed by atoms with E-state index in [-0.39, 0.29) is 0 Å². The fraction of sp³-hybridized carbons (Fsp3) is 0. The molecule has 0 N–H and O–H groups in total. The minimum atomic E-state index is 0.613. The highest BCUT2D eigenvalue weighted by atomic mass is 35.5. The molecule has 0 heterocycles. The molecule has 0 saturated carbocycles. The number of halogens is 2. The second-order valence-electron chi connectivity index (χ2n) is 1.70. The molecule has 0 spiro atoms. The molecule has 0 atom stereocenters. The van der Waals surface area contributed by atoms with Crippen LogP contribution in [-0.2, 0) is 0 Å². The number of hydrogen-bond acceptors (Lipinski definition) is 0. The fourth-order valence-electron chi connectivity index (χ4n) is 0.532. The molecular weight excluding hydrogens is 155 g/mol. The molecule has 0 saturated heterocycles. The van der Waals surface area contributed by atoms with Gasteiger partial charge in [0.05, 0.1) is 0 Å². The van der Waals surface area contributed by atoms with Crippen molar-refractivity contribution >= 4 is 23.2 Å². The average molecular weight is 160 g/mol. The van der Waals surface area contributed by atoms with Gasteiger partial charge in [0.25, 0.3) is 0 Å². The van der Waals surface area contributed by atoms with Crippen LogP contribution < -0.4 is 0 Å². The Morgan fingerprint density at radius 2 is 1.56 bits per heavy atom. The van der Waals surface area contributed by atoms with Crippen LogP contribution in [0.1, 0.15) is 5.56 Å². The third-order valence-corrected chi connectivity index (χ3v) is 1.77. The maximum atomic E-state index is 5.67. The van der Waals surface area contributed by atoms with Crippen LogP contribution in [0.3, 0.4) is 0 Å². The van der Waals surface area contributed by atoms with Crippen LogP contribution in [-0.4, -0.2) is 0 Å². The Balaban J connectivity index is 3.25. The van der Waals surface area contributed by atoms with E-state index in [2.05, 4.69) is 6.92 Å². The van der Waals surface area contributed by atoms with Crippen molar-refractivity contribution in [3.8, 4) is 0 Å². The summed E-state index contributed by atoms with van der Waals surface area (Å²) >= 11 is 11.3. The zero-order valence-corrected chi connectivity index (χ0v) is 6.21. The Labute approximate surface area is 64.4 Å². The third kappa shape index (κ3) is 1.38. The highest BCUT2D eigenvalue weighted by molar-refractivity contribution is 6.36. The van der Waals surface area contributed by atoms with Crippen molar-refractivity contribution in [2.45, 2.75) is 0 Å². The maximum absolute atomic E-state index is 5.67. The van der Waals surface area contributed by atoms with E-state index in [4.69, 9.17) is 23.2 Å². The Kier molecular flexibility index (Phi) is 1.99. The van der Waals surface area contributed by atoms with E-state index < -0.39 is 0 Å². The average Bonchev–Trinajstić information content (AvgIpc) is 1.83. The summed E-state index contributed by atoms with van der Waals surface area (Å²) in [6.45, 7) is 3.66. The van der Waals surface area contributed by atoms with Crippen molar-refractivity contribution in [1.82, 2.24) is 0 Å². The standard InChI is InChI=1S/C7H5Cl2/c1-5-6(8)3-2-4-7(5)9/h2-4H,1H2. The molecule has 0 fully saturated rings. The van der Waals surface area contributed by atoms with Gasteiger partial charge >= 0.3 is 0 Å². The Morgan fingerprint density at radius 1 is 1.11 bits per heavy atom. The smallest absolute Gasteiger partial charge is 0.0452 e. The van der Waals surface area contributed by atoms with Crippen molar-refractivity contribution in [2.24, 2.45) is 0 Å². The molecule has 0 bridgehead atoms. The third-order valence-electron chi connectivity index (χ3n) is 1.06. The molecule has 1 aromatic carbocycles. The Morgan fingerprint density at radius 3 is 1.89 bits per heavy atom. The molecule has 1 aromatic rings. The van der Waals surface area contributed by atoms with Crippen LogP contribution in [0.2, 0.25) is 10.0 Å². The van der Waals surface area contributed by atoms with E-state index in [1.54, 1.807) is 18.2 Å². The van der Waals surface area contributed by atoms with E-state index in [9.17, 15) is 0 Å². The van der Waals surface area contributed by atoms with E-state index in [0.717, 1.165) is 0 Å². The molecule has 0 unspecified atom stereocenters. The summed E-state index contributed by atoms with van der Waals surface area (Å²) in [6, 6.07) is 5.31. The van der Waals surface area contributed by atoms with Gasteiger partial charge in [0, 0.05) is 10.0 Å². The van der Waals surface area contributed by atoms with Gasteiger partial charge in [-0.15, -0.1) is 0 Å². The second kappa shape index (κ2) is 2.59. The first kappa shape index (κ1) is 6.91. The lowest BCUT2D eigenvalue weighted by atomic mass is 10.2. The van der Waals surface area contributed by atoms with E-state index >= 15 is 0 Å². The van der Waals surface area contributed by atoms with Gasteiger partial charge in [-0.3, -0.25) is 0 Å². The molecule has 0 aliphatic carbocycles. The number of hydrogen-bond donors (Lipinski definition) is 0. The van der Waals surface area contributed by atoms with Crippen LogP contribution in [0.5, 0.6) is 0 Å². The molecule has 0 nitrogen and oxygen atoms in total. The Hall–Kier alpha value is -0.200. The van der Waals surface area contributed by atoms with Crippen molar-refractivity contribution in [3.63, 3.8) is 0 Å². The monoisotopic (exact) mass is 159 g/mol. The number of rotatable bonds is 0. The zero-order valence-electron chi connectivity index (χ0n) is 4.70. The molecule has 0 aliphatic rings. The topological polar surface area (TPSA) is 0 Å². The quantitative estimate of drug-likeness (QED) is 0.546. The normalized spacial score (nSPS) is 9.67. The van der Waals surface area contributed by atoms with Crippen LogP contribution in [0.15, 0.2) is 18.2 Å². The summed E-state index contributed by atoms with van der Waals surface area (Å²) in [5.41, 5.74) is 0.695. The second-order valence-corrected chi connectivity index (χ2v) is 2.51. The first-order chi connectivity index (χ1) is 4.22. The molecular formula is C7H5Cl2. The molecule has 1 rings (SSSR count). The first-order valence-electron chi connectivity index (χ1n) is 2.48. The van der Waals surface area contributed by atoms with Gasteiger partial charge in [-0.25, -0.2) is 0 Å². The highest BCUT2D eigenvalue weighted by Crippen LogP contribution is 2.21. The van der Waals surface area contributed by atoms with Crippen molar-refractivity contribution in [1.29, 1.82) is 0 Å². The maximum Gasteiger partial charge on any atom is 0.0452 e. The van der Waals surface area contributed by atoms with Crippen molar-refractivity contribution in [3.05, 3.63) is 40.7 Å². The van der Waals surface area contributed by atoms with E-state index in [1.165, 1.54) is 0 Å². The SMILES string of the molecule is [CH2]c1c(Cl)cccc1Cl. The van der Waals surface area contributed by atoms with E-state index in [0.29, 0.717) is 15.6 Å². The minimum absolute atomic E-state index is 0.613. The van der Waals surface area contributed by atoms with Gasteiger partial charge in [0.1, 0.15) is 0 Å². The lowest BCUT2D eigenvalue weighted by molar-refractivity contribution is 1.61. The zero-order chi connectivity index (χ0) is 6.85. The largest absolute Gasteiger partial charge is 0.0840 e. The fourth-order valence-corrected chi connectivity index (χ4v) is 0.930. The van der Waals surface area contributed by atoms with Gasteiger partial charge in [-0.2, -0.15) is 0 Å². The predicted molar refractivity (Wildman–Crippen MR) is 40.9 cm³/mol. The van der Waals surface area contributed by atoms with Crippen LogP contribution in [0.4, 0.5) is 0 Å². The lowest BCUT2D eigenvalue weighted by Gasteiger charge is -1.96. The minimum Gasteiger partial charge on any atom is -0.0840 e. The van der Waals surface area contributed by atoms with Gasteiger partial charge < -0.3 is 0 Å². The van der Waals surface area contributed by atoms with Gasteiger partial charge in [-0.05, 0) is 24.6 Å². The van der Waals surface area contributed by atoms with Crippen LogP contribution in [0.25, 0.3) is 0 Å². The molecule has 1 radical (unpaired) electrons. The van der Waals surface area contributed by atoms with E-state index in [1.807, 2.05) is 0 Å². The molecule has 0 amide bonds. The molecule has 9 heavy (non-hydrogen) atoms. The summed E-state index contributed by atoms with van der Waals surface area (Å²) in [4.78, 5) is 0. The molecule has 0 aliphatic heterocycles. The van der Waals surface area contributed by atoms with Gasteiger partial charge in [0.2, 0.25) is 0 Å². The first-order valence-corrected chi connectivity index (χ1v) is 3.23. The molecule has 2 heteroatoms. The highest BCUT2D eigenvalue weighted by Gasteiger charge is 1.96. The van der Waals surface area contributed by atoms with Gasteiger partial charge in [-0.1, -0.05) is 29.3 Å². The lowest BCUT2D eigenvalue weighted by Crippen LogP contribution is -1.73. The number of benzene rings is 1. The summed E-state index contributed by atoms with van der Waals surface area (Å²) in [6.07, 6.45) is 0. The molecule has 47 valence electrons. The molecule has 0 aromatic heterocycles. The van der Waals surface area contributed by atoms with Crippen molar-refractivity contribution < 1.29 is 0 Å². The van der Waals surface area contributed by atoms with Crippen LogP contribution in [0, 0.1) is 6.92 Å². The van der Waals surface area contributed by atoms with Crippen molar-refractivity contribution in [2.75, 3.05) is 0 Å². The summed E-state index contributed by atoms with van der Waals surface area (Å²) in [5, 5.41) is 1.23. The Bertz CT molecular complexity index is 198. The van der Waals surface area contributed by atoms with Gasteiger partial charge in [0.15, 0.2) is 0 Å².